The van der Waals surface area contributed by atoms with Crippen molar-refractivity contribution < 1.29 is 0 Å². The highest BCUT2D eigenvalue weighted by Gasteiger charge is 2.23. The van der Waals surface area contributed by atoms with Gasteiger partial charge in [0.15, 0.2) is 0 Å². The molecular weight excluding hydrogens is 737 g/mol. The Balaban J connectivity index is 1.31. The molecule has 0 radical (unpaired) electrons. The quantitative estimate of drug-likeness (QED) is 0.171. The van der Waals surface area contributed by atoms with Gasteiger partial charge in [0.25, 0.3) is 0 Å². The van der Waals surface area contributed by atoms with Crippen LogP contribution in [0.4, 0.5) is 0 Å². The molecule has 0 fully saturated rings. The van der Waals surface area contributed by atoms with Crippen molar-refractivity contribution in [3.8, 4) is 75.1 Å². The summed E-state index contributed by atoms with van der Waals surface area (Å²) in [5.74, 6) is 0. The molecule has 0 spiro atoms. The molecule has 8 heteroatoms. The van der Waals surface area contributed by atoms with Gasteiger partial charge in [0.2, 0.25) is 0 Å². The number of nitrogens with zero attached hydrogens (tertiary/aromatic N) is 8. The number of nitriles is 5. The second kappa shape index (κ2) is 14.0. The lowest BCUT2D eigenvalue weighted by Crippen LogP contribution is -2.05. The van der Waals surface area contributed by atoms with E-state index in [0.29, 0.717) is 27.8 Å². The van der Waals surface area contributed by atoms with Crippen LogP contribution in [0.5, 0.6) is 0 Å². The minimum Gasteiger partial charge on any atom is -0.307 e. The molecule has 0 aliphatic heterocycles. The minimum absolute atomic E-state index is 0.405. The SMILES string of the molecule is N#Cc1ccc(-c2c(-n3c4ccccc4c4ccc(-c5cc(C#N)cc(C#N)c5)cc43)cncc2-n2c3ccccc3c3ccc(-c4cc(C#N)cc(C#N)c4)cc32)cc1. The molecule has 3 aromatic heterocycles. The summed E-state index contributed by atoms with van der Waals surface area (Å²) in [5, 5.41) is 53.1. The van der Waals surface area contributed by atoms with Crippen LogP contribution >= 0.6 is 0 Å². The molecule has 0 aliphatic rings. The number of rotatable bonds is 5. The summed E-state index contributed by atoms with van der Waals surface area (Å²) in [7, 11) is 0. The summed E-state index contributed by atoms with van der Waals surface area (Å²) >= 11 is 0. The number of benzene rings is 7. The number of hydrogen-bond donors (Lipinski definition) is 0. The van der Waals surface area contributed by atoms with E-state index < -0.39 is 0 Å². The number of hydrogen-bond acceptors (Lipinski definition) is 6. The van der Waals surface area contributed by atoms with Crippen molar-refractivity contribution in [2.24, 2.45) is 0 Å². The fourth-order valence-corrected chi connectivity index (χ4v) is 8.45. The third kappa shape index (κ3) is 5.61. The molecule has 60 heavy (non-hydrogen) atoms. The molecule has 10 aromatic rings. The first-order valence-electron chi connectivity index (χ1n) is 19.0. The Kier molecular flexibility index (Phi) is 8.23. The lowest BCUT2D eigenvalue weighted by atomic mass is 9.99. The van der Waals surface area contributed by atoms with Crippen LogP contribution in [-0.4, -0.2) is 14.1 Å². The lowest BCUT2D eigenvalue weighted by molar-refractivity contribution is 1.09. The predicted octanol–water partition coefficient (Wildman–Crippen LogP) is 11.6. The highest BCUT2D eigenvalue weighted by atomic mass is 15.0. The van der Waals surface area contributed by atoms with Crippen molar-refractivity contribution >= 4 is 43.6 Å². The van der Waals surface area contributed by atoms with Gasteiger partial charge in [-0.1, -0.05) is 72.8 Å². The summed E-state index contributed by atoms with van der Waals surface area (Å²) < 4.78 is 4.43. The van der Waals surface area contributed by atoms with Gasteiger partial charge in [-0.15, -0.1) is 0 Å². The molecule has 0 unspecified atom stereocenters. The Morgan fingerprint density at radius 2 is 0.717 bits per heavy atom. The average Bonchev–Trinajstić information content (AvgIpc) is 3.82. The van der Waals surface area contributed by atoms with Crippen molar-refractivity contribution in [3.05, 3.63) is 186 Å². The lowest BCUT2D eigenvalue weighted by Gasteiger charge is -2.20. The predicted molar refractivity (Wildman–Crippen MR) is 233 cm³/mol. The Hall–Kier alpha value is -9.26. The molecule has 10 rings (SSSR count). The Morgan fingerprint density at radius 1 is 0.333 bits per heavy atom. The maximum Gasteiger partial charge on any atom is 0.0992 e. The van der Waals surface area contributed by atoms with Gasteiger partial charge >= 0.3 is 0 Å². The summed E-state index contributed by atoms with van der Waals surface area (Å²) in [5.41, 5.74) is 12.4. The van der Waals surface area contributed by atoms with E-state index in [1.165, 1.54) is 0 Å². The molecule has 0 amide bonds. The van der Waals surface area contributed by atoms with Gasteiger partial charge in [-0.05, 0) is 101 Å². The number of fused-ring (bicyclic) bond motifs is 6. The van der Waals surface area contributed by atoms with Crippen molar-refractivity contribution in [2.45, 2.75) is 0 Å². The van der Waals surface area contributed by atoms with E-state index in [4.69, 9.17) is 4.98 Å². The van der Waals surface area contributed by atoms with Crippen LogP contribution in [0.3, 0.4) is 0 Å². The van der Waals surface area contributed by atoms with Crippen molar-refractivity contribution in [2.75, 3.05) is 0 Å². The molecule has 0 saturated carbocycles. The van der Waals surface area contributed by atoms with Gasteiger partial charge in [0, 0.05) is 27.1 Å². The van der Waals surface area contributed by atoms with Crippen LogP contribution in [0.15, 0.2) is 158 Å². The smallest absolute Gasteiger partial charge is 0.0992 e. The van der Waals surface area contributed by atoms with E-state index in [1.54, 1.807) is 36.4 Å². The maximum atomic E-state index is 9.81. The largest absolute Gasteiger partial charge is 0.307 e. The number of aromatic nitrogens is 3. The van der Waals surface area contributed by atoms with Crippen LogP contribution in [0.1, 0.15) is 27.8 Å². The third-order valence-electron chi connectivity index (χ3n) is 11.1. The van der Waals surface area contributed by atoms with Gasteiger partial charge in [-0.3, -0.25) is 4.98 Å². The Labute approximate surface area is 343 Å². The van der Waals surface area contributed by atoms with Crippen molar-refractivity contribution in [1.29, 1.82) is 26.3 Å². The number of para-hydroxylation sites is 2. The number of pyridine rings is 1. The van der Waals surface area contributed by atoms with Gasteiger partial charge in [-0.25, -0.2) is 0 Å². The van der Waals surface area contributed by atoms with E-state index in [2.05, 4.69) is 88.0 Å². The van der Waals surface area contributed by atoms with Crippen LogP contribution in [0.2, 0.25) is 0 Å². The molecule has 0 bridgehead atoms. The molecular formula is C52H26N8. The third-order valence-corrected chi connectivity index (χ3v) is 11.1. The van der Waals surface area contributed by atoms with Gasteiger partial charge in [-0.2, -0.15) is 26.3 Å². The van der Waals surface area contributed by atoms with Gasteiger partial charge in [0.1, 0.15) is 0 Å². The normalized spacial score (nSPS) is 10.9. The molecule has 0 atom stereocenters. The molecule has 0 saturated heterocycles. The summed E-state index contributed by atoms with van der Waals surface area (Å²) in [6.45, 7) is 0. The summed E-state index contributed by atoms with van der Waals surface area (Å²) in [6, 6.07) is 57.8. The van der Waals surface area contributed by atoms with E-state index >= 15 is 0 Å². The second-order valence-electron chi connectivity index (χ2n) is 14.5. The Morgan fingerprint density at radius 3 is 1.13 bits per heavy atom. The fourth-order valence-electron chi connectivity index (χ4n) is 8.45. The first-order chi connectivity index (χ1) is 29.5. The van der Waals surface area contributed by atoms with E-state index in [-0.39, 0.29) is 0 Å². The van der Waals surface area contributed by atoms with Crippen LogP contribution in [0.25, 0.3) is 88.4 Å². The zero-order valence-electron chi connectivity index (χ0n) is 31.6. The zero-order valence-corrected chi connectivity index (χ0v) is 31.6. The van der Waals surface area contributed by atoms with Gasteiger partial charge in [0.05, 0.1) is 104 Å². The van der Waals surface area contributed by atoms with Crippen LogP contribution < -0.4 is 0 Å². The molecule has 3 heterocycles. The van der Waals surface area contributed by atoms with E-state index in [9.17, 15) is 26.3 Å². The molecule has 0 N–H and O–H groups in total. The first kappa shape index (κ1) is 35.2. The standard InChI is InChI=1S/C52H26N8/c53-25-32-9-11-37(12-10-32)52-50(59-46-7-3-1-5-42(46)44-15-13-38(23-48(44)59)40-19-33(26-54)17-34(20-40)27-55)30-58-31-51(52)60-47-8-4-2-6-43(47)45-16-14-39(24-49(45)60)41-21-35(28-56)18-36(22-41)29-57/h1-24,30-31H. The highest BCUT2D eigenvalue weighted by Crippen LogP contribution is 2.43. The molecule has 8 nitrogen and oxygen atoms in total. The summed E-state index contributed by atoms with van der Waals surface area (Å²) in [6.07, 6.45) is 3.74. The zero-order chi connectivity index (χ0) is 40.9. The topological polar surface area (TPSA) is 142 Å². The summed E-state index contributed by atoms with van der Waals surface area (Å²) in [4.78, 5) is 4.96. The first-order valence-corrected chi connectivity index (χ1v) is 19.0. The second-order valence-corrected chi connectivity index (χ2v) is 14.5. The van der Waals surface area contributed by atoms with Crippen molar-refractivity contribution in [3.63, 3.8) is 0 Å². The van der Waals surface area contributed by atoms with E-state index in [0.717, 1.165) is 88.4 Å². The van der Waals surface area contributed by atoms with Gasteiger partial charge < -0.3 is 9.13 Å². The fraction of sp³-hybridized carbons (Fsp3) is 0. The minimum atomic E-state index is 0.405. The molecule has 7 aromatic carbocycles. The maximum absolute atomic E-state index is 9.81. The highest BCUT2D eigenvalue weighted by molar-refractivity contribution is 6.13. The average molecular weight is 763 g/mol. The molecule has 274 valence electrons. The monoisotopic (exact) mass is 762 g/mol. The molecule has 0 aliphatic carbocycles. The Bertz CT molecular complexity index is 3390. The van der Waals surface area contributed by atoms with E-state index in [1.807, 2.05) is 73.1 Å². The van der Waals surface area contributed by atoms with Crippen molar-refractivity contribution in [1.82, 2.24) is 14.1 Å². The van der Waals surface area contributed by atoms with Crippen LogP contribution in [-0.2, 0) is 0 Å². The van der Waals surface area contributed by atoms with Crippen LogP contribution in [0, 0.1) is 56.7 Å².